The number of aromatic nitrogens is 2. The van der Waals surface area contributed by atoms with Gasteiger partial charge in [0.15, 0.2) is 0 Å². The summed E-state index contributed by atoms with van der Waals surface area (Å²) in [7, 11) is 0. The summed E-state index contributed by atoms with van der Waals surface area (Å²) in [5.74, 6) is 0. The molecule has 4 heteroatoms. The van der Waals surface area contributed by atoms with Gasteiger partial charge in [-0.2, -0.15) is 0 Å². The summed E-state index contributed by atoms with van der Waals surface area (Å²) < 4.78 is 0. The van der Waals surface area contributed by atoms with Crippen LogP contribution in [0.5, 0.6) is 0 Å². The van der Waals surface area contributed by atoms with Gasteiger partial charge >= 0.3 is 0 Å². The Morgan fingerprint density at radius 3 is 2.76 bits per heavy atom. The third-order valence-corrected chi connectivity index (χ3v) is 4.54. The fourth-order valence-electron chi connectivity index (χ4n) is 2.57. The molecular formula is C17H19N3S. The minimum absolute atomic E-state index is 0.364. The number of fused-ring (bicyclic) bond motifs is 1. The maximum absolute atomic E-state index is 4.41. The number of nitrogens with one attached hydrogen (secondary N) is 1. The van der Waals surface area contributed by atoms with Crippen LogP contribution in [-0.4, -0.2) is 16.5 Å². The second-order valence-electron chi connectivity index (χ2n) is 5.03. The van der Waals surface area contributed by atoms with Gasteiger partial charge in [0.25, 0.3) is 0 Å². The molecular weight excluding hydrogens is 278 g/mol. The lowest BCUT2D eigenvalue weighted by Gasteiger charge is -2.18. The molecule has 0 bridgehead atoms. The molecule has 108 valence electrons. The van der Waals surface area contributed by atoms with Gasteiger partial charge in [-0.3, -0.25) is 9.97 Å². The maximum Gasteiger partial charge on any atom is 0.0890 e. The molecule has 1 aromatic carbocycles. The van der Waals surface area contributed by atoms with Crippen molar-refractivity contribution in [2.24, 2.45) is 0 Å². The Hall–Kier alpha value is -1.78. The van der Waals surface area contributed by atoms with Gasteiger partial charge in [0, 0.05) is 23.3 Å². The Bertz CT molecular complexity index is 694. The average molecular weight is 297 g/mol. The summed E-state index contributed by atoms with van der Waals surface area (Å²) in [6.45, 7) is 3.12. The molecule has 0 saturated carbocycles. The number of hydrogen-bond donors (Lipinski definition) is 1. The smallest absolute Gasteiger partial charge is 0.0890 e. The lowest BCUT2D eigenvalue weighted by molar-refractivity contribution is 0.517. The molecule has 0 aliphatic carbocycles. The van der Waals surface area contributed by atoms with E-state index in [9.17, 15) is 0 Å². The Labute approximate surface area is 129 Å². The van der Waals surface area contributed by atoms with E-state index in [1.165, 1.54) is 10.4 Å². The van der Waals surface area contributed by atoms with Crippen molar-refractivity contribution in [3.8, 4) is 0 Å². The largest absolute Gasteiger partial charge is 0.310 e. The van der Waals surface area contributed by atoms with Crippen molar-refractivity contribution < 1.29 is 0 Å². The lowest BCUT2D eigenvalue weighted by atomic mass is 10.0. The van der Waals surface area contributed by atoms with E-state index >= 15 is 0 Å². The van der Waals surface area contributed by atoms with E-state index in [0.717, 1.165) is 30.4 Å². The highest BCUT2D eigenvalue weighted by Crippen LogP contribution is 2.23. The topological polar surface area (TPSA) is 37.8 Å². The van der Waals surface area contributed by atoms with Crippen molar-refractivity contribution in [2.45, 2.75) is 25.8 Å². The fourth-order valence-corrected chi connectivity index (χ4v) is 3.30. The number of hydrogen-bond acceptors (Lipinski definition) is 4. The van der Waals surface area contributed by atoms with Crippen molar-refractivity contribution in [1.29, 1.82) is 0 Å². The zero-order valence-corrected chi connectivity index (χ0v) is 12.9. The van der Waals surface area contributed by atoms with Crippen LogP contribution in [0.1, 0.15) is 29.8 Å². The van der Waals surface area contributed by atoms with Gasteiger partial charge in [0.2, 0.25) is 0 Å². The summed E-state index contributed by atoms with van der Waals surface area (Å²) >= 11 is 1.83. The van der Waals surface area contributed by atoms with E-state index in [-0.39, 0.29) is 0 Å². The highest BCUT2D eigenvalue weighted by atomic mass is 32.1. The highest BCUT2D eigenvalue weighted by Gasteiger charge is 2.11. The quantitative estimate of drug-likeness (QED) is 0.748. The van der Waals surface area contributed by atoms with Crippen LogP contribution in [0, 0.1) is 0 Å². The van der Waals surface area contributed by atoms with Crippen molar-refractivity contribution >= 4 is 22.4 Å². The summed E-state index contributed by atoms with van der Waals surface area (Å²) in [5, 5.41) is 5.72. The zero-order valence-electron chi connectivity index (χ0n) is 12.1. The Morgan fingerprint density at radius 2 is 2.00 bits per heavy atom. The minimum atomic E-state index is 0.364. The SMILES string of the molecule is CCNC(CCc1cccs1)c1ccc2nccnc2c1. The fraction of sp³-hybridized carbons (Fsp3) is 0.294. The first kappa shape index (κ1) is 14.2. The molecule has 1 unspecified atom stereocenters. The zero-order chi connectivity index (χ0) is 14.5. The monoisotopic (exact) mass is 297 g/mol. The van der Waals surface area contributed by atoms with Crippen LogP contribution < -0.4 is 5.32 Å². The van der Waals surface area contributed by atoms with Crippen molar-refractivity contribution in [1.82, 2.24) is 15.3 Å². The molecule has 1 N–H and O–H groups in total. The third kappa shape index (κ3) is 3.46. The van der Waals surface area contributed by atoms with Gasteiger partial charge in [0.05, 0.1) is 11.0 Å². The van der Waals surface area contributed by atoms with Crippen molar-refractivity contribution in [3.63, 3.8) is 0 Å². The third-order valence-electron chi connectivity index (χ3n) is 3.61. The van der Waals surface area contributed by atoms with E-state index < -0.39 is 0 Å². The summed E-state index contributed by atoms with van der Waals surface area (Å²) in [6, 6.07) is 11.1. The lowest BCUT2D eigenvalue weighted by Crippen LogP contribution is -2.21. The van der Waals surface area contributed by atoms with Crippen LogP contribution in [-0.2, 0) is 6.42 Å². The molecule has 0 fully saturated rings. The van der Waals surface area contributed by atoms with Crippen molar-refractivity contribution in [3.05, 3.63) is 58.5 Å². The van der Waals surface area contributed by atoms with Crippen LogP contribution in [0.25, 0.3) is 11.0 Å². The molecule has 0 aliphatic heterocycles. The predicted molar refractivity (Wildman–Crippen MR) is 88.6 cm³/mol. The molecule has 2 aromatic heterocycles. The van der Waals surface area contributed by atoms with Crippen LogP contribution in [0.4, 0.5) is 0 Å². The molecule has 3 rings (SSSR count). The molecule has 3 nitrogen and oxygen atoms in total. The summed E-state index contributed by atoms with van der Waals surface area (Å²) in [5.41, 5.74) is 3.21. The van der Waals surface area contributed by atoms with Crippen LogP contribution in [0.2, 0.25) is 0 Å². The molecule has 0 spiro atoms. The number of nitrogens with zero attached hydrogens (tertiary/aromatic N) is 2. The van der Waals surface area contributed by atoms with Crippen LogP contribution >= 0.6 is 11.3 Å². The van der Waals surface area contributed by atoms with Gasteiger partial charge < -0.3 is 5.32 Å². The highest BCUT2D eigenvalue weighted by molar-refractivity contribution is 7.09. The van der Waals surface area contributed by atoms with Gasteiger partial charge in [-0.05, 0) is 48.5 Å². The van der Waals surface area contributed by atoms with Gasteiger partial charge in [-0.15, -0.1) is 11.3 Å². The van der Waals surface area contributed by atoms with Crippen LogP contribution in [0.3, 0.4) is 0 Å². The van der Waals surface area contributed by atoms with Crippen molar-refractivity contribution in [2.75, 3.05) is 6.54 Å². The maximum atomic E-state index is 4.41. The van der Waals surface area contributed by atoms with E-state index in [0.29, 0.717) is 6.04 Å². The molecule has 0 aliphatic rings. The molecule has 21 heavy (non-hydrogen) atoms. The normalized spacial score (nSPS) is 12.6. The second-order valence-corrected chi connectivity index (χ2v) is 6.07. The second kappa shape index (κ2) is 6.78. The predicted octanol–water partition coefficient (Wildman–Crippen LogP) is 3.97. The van der Waals surface area contributed by atoms with E-state index in [2.05, 4.69) is 57.9 Å². The average Bonchev–Trinajstić information content (AvgIpc) is 3.04. The molecule has 0 saturated heterocycles. The van der Waals surface area contributed by atoms with E-state index in [1.54, 1.807) is 12.4 Å². The molecule has 3 aromatic rings. The Balaban J connectivity index is 1.80. The number of rotatable bonds is 6. The van der Waals surface area contributed by atoms with Gasteiger partial charge in [0.1, 0.15) is 0 Å². The summed E-state index contributed by atoms with van der Waals surface area (Å²) in [4.78, 5) is 10.2. The Kier molecular flexibility index (Phi) is 4.58. The minimum Gasteiger partial charge on any atom is -0.310 e. The molecule has 2 heterocycles. The number of thiophene rings is 1. The summed E-state index contributed by atoms with van der Waals surface area (Å²) in [6.07, 6.45) is 5.69. The van der Waals surface area contributed by atoms with Gasteiger partial charge in [-0.1, -0.05) is 19.1 Å². The Morgan fingerprint density at radius 1 is 1.14 bits per heavy atom. The molecule has 1 atom stereocenters. The number of aryl methyl sites for hydroxylation is 1. The first-order valence-electron chi connectivity index (χ1n) is 7.33. The molecule has 0 amide bonds. The van der Waals surface area contributed by atoms with E-state index in [1.807, 2.05) is 11.3 Å². The first-order valence-corrected chi connectivity index (χ1v) is 8.21. The van der Waals surface area contributed by atoms with Gasteiger partial charge in [-0.25, -0.2) is 0 Å². The van der Waals surface area contributed by atoms with Crippen LogP contribution in [0.15, 0.2) is 48.1 Å². The standard InChI is InChI=1S/C17H19N3S/c1-2-18-15(8-6-14-4-3-11-21-14)13-5-7-16-17(12-13)20-10-9-19-16/h3-5,7,9-12,15,18H,2,6,8H2,1H3. The van der Waals surface area contributed by atoms with E-state index in [4.69, 9.17) is 0 Å². The number of benzene rings is 1. The molecule has 0 radical (unpaired) electrons. The first-order chi connectivity index (χ1) is 10.4.